The minimum absolute atomic E-state index is 0.568. The average Bonchev–Trinajstić information content (AvgIpc) is 2.20. The Morgan fingerprint density at radius 1 is 1.57 bits per heavy atom. The molecule has 0 aromatic heterocycles. The van der Waals surface area contributed by atoms with Gasteiger partial charge in [0.2, 0.25) is 5.96 Å². The Kier molecular flexibility index (Phi) is 4.16. The third kappa shape index (κ3) is 2.36. The van der Waals surface area contributed by atoms with Crippen LogP contribution in [0.2, 0.25) is 0 Å². The number of rotatable bonds is 1. The molecule has 1 aliphatic rings. The number of aliphatic imine (C=N–C) groups is 1. The highest BCUT2D eigenvalue weighted by atomic mass is 15.4. The molecule has 0 aromatic rings. The molecule has 82 valence electrons. The van der Waals surface area contributed by atoms with Gasteiger partial charge >= 0.3 is 0 Å². The van der Waals surface area contributed by atoms with Gasteiger partial charge in [-0.3, -0.25) is 15.3 Å². The summed E-state index contributed by atoms with van der Waals surface area (Å²) in [4.78, 5) is 8.75. The first-order chi connectivity index (χ1) is 6.72. The maximum Gasteiger partial charge on any atom is 0.208 e. The fourth-order valence-corrected chi connectivity index (χ4v) is 1.95. The van der Waals surface area contributed by atoms with Crippen LogP contribution in [0.3, 0.4) is 0 Å². The Hall–Kier alpha value is -0.810. The van der Waals surface area contributed by atoms with Crippen molar-refractivity contribution < 1.29 is 0 Å². The maximum atomic E-state index is 5.39. The van der Waals surface area contributed by atoms with E-state index in [1.165, 1.54) is 0 Å². The minimum atomic E-state index is 0.568. The molecule has 0 amide bonds. The normalized spacial score (nSPS) is 25.3. The van der Waals surface area contributed by atoms with Crippen LogP contribution in [-0.4, -0.2) is 55.0 Å². The highest BCUT2D eigenvalue weighted by molar-refractivity contribution is 5.79. The van der Waals surface area contributed by atoms with Crippen LogP contribution in [0.15, 0.2) is 4.99 Å². The first-order valence-electron chi connectivity index (χ1n) is 5.15. The van der Waals surface area contributed by atoms with Crippen LogP contribution in [0.5, 0.6) is 0 Å². The van der Waals surface area contributed by atoms with E-state index in [1.807, 2.05) is 0 Å². The van der Waals surface area contributed by atoms with Crippen LogP contribution in [0.25, 0.3) is 0 Å². The van der Waals surface area contributed by atoms with Crippen molar-refractivity contribution >= 4 is 5.96 Å². The van der Waals surface area contributed by atoms with E-state index in [0.717, 1.165) is 32.1 Å². The summed E-state index contributed by atoms with van der Waals surface area (Å²) >= 11 is 0. The Labute approximate surface area is 85.9 Å². The number of hydrogen-bond donors (Lipinski definition) is 2. The standard InChI is InChI=1S/C9H21N5/c1-4-13-5-6-14(7-8(13)2)9(11-3)12-10/h8H,4-7,10H2,1-3H3,(H,11,12). The van der Waals surface area contributed by atoms with Gasteiger partial charge in [0.15, 0.2) is 0 Å². The lowest BCUT2D eigenvalue weighted by molar-refractivity contribution is 0.127. The molecular formula is C9H21N5. The number of guanidine groups is 1. The summed E-state index contributed by atoms with van der Waals surface area (Å²) in [5, 5.41) is 0. The smallest absolute Gasteiger partial charge is 0.208 e. The first kappa shape index (κ1) is 11.3. The molecule has 14 heavy (non-hydrogen) atoms. The number of nitrogens with one attached hydrogen (secondary N) is 1. The van der Waals surface area contributed by atoms with Crippen LogP contribution in [0.1, 0.15) is 13.8 Å². The molecule has 0 radical (unpaired) electrons. The highest BCUT2D eigenvalue weighted by Crippen LogP contribution is 2.08. The van der Waals surface area contributed by atoms with Gasteiger partial charge in [-0.2, -0.15) is 0 Å². The summed E-state index contributed by atoms with van der Waals surface area (Å²) in [7, 11) is 1.76. The molecule has 0 aliphatic carbocycles. The molecule has 5 heteroatoms. The molecule has 1 atom stereocenters. The summed E-state index contributed by atoms with van der Waals surface area (Å²) < 4.78 is 0. The maximum absolute atomic E-state index is 5.39. The third-order valence-corrected chi connectivity index (χ3v) is 2.81. The van der Waals surface area contributed by atoms with Crippen molar-refractivity contribution in [3.63, 3.8) is 0 Å². The number of nitrogens with zero attached hydrogens (tertiary/aromatic N) is 3. The lowest BCUT2D eigenvalue weighted by Gasteiger charge is -2.40. The number of likely N-dealkylation sites (N-methyl/N-ethyl adjacent to an activating group) is 1. The van der Waals surface area contributed by atoms with E-state index in [1.54, 1.807) is 7.05 Å². The molecule has 1 heterocycles. The summed E-state index contributed by atoms with van der Waals surface area (Å²) in [6, 6.07) is 0.568. The zero-order valence-corrected chi connectivity index (χ0v) is 9.32. The Morgan fingerprint density at radius 3 is 2.71 bits per heavy atom. The molecule has 0 saturated carbocycles. The topological polar surface area (TPSA) is 56.9 Å². The molecule has 0 spiro atoms. The van der Waals surface area contributed by atoms with Crippen molar-refractivity contribution in [1.29, 1.82) is 0 Å². The largest absolute Gasteiger partial charge is 0.339 e. The minimum Gasteiger partial charge on any atom is -0.339 e. The summed E-state index contributed by atoms with van der Waals surface area (Å²) in [5.41, 5.74) is 2.63. The summed E-state index contributed by atoms with van der Waals surface area (Å²) in [5.74, 6) is 6.18. The molecule has 1 saturated heterocycles. The van der Waals surface area contributed by atoms with E-state index in [2.05, 4.69) is 34.1 Å². The molecule has 3 N–H and O–H groups in total. The quantitative estimate of drug-likeness (QED) is 0.258. The van der Waals surface area contributed by atoms with Gasteiger partial charge in [0.05, 0.1) is 0 Å². The van der Waals surface area contributed by atoms with Gasteiger partial charge < -0.3 is 4.90 Å². The Balaban J connectivity index is 2.53. The van der Waals surface area contributed by atoms with Gasteiger partial charge in [0.25, 0.3) is 0 Å². The Morgan fingerprint density at radius 2 is 2.29 bits per heavy atom. The van der Waals surface area contributed by atoms with E-state index >= 15 is 0 Å². The van der Waals surface area contributed by atoms with Crippen molar-refractivity contribution in [1.82, 2.24) is 15.2 Å². The average molecular weight is 199 g/mol. The van der Waals surface area contributed by atoms with Crippen LogP contribution in [0, 0.1) is 0 Å². The van der Waals surface area contributed by atoms with Gasteiger partial charge in [-0.25, -0.2) is 5.84 Å². The number of piperazine rings is 1. The lowest BCUT2D eigenvalue weighted by Crippen LogP contribution is -2.57. The van der Waals surface area contributed by atoms with E-state index in [0.29, 0.717) is 6.04 Å². The van der Waals surface area contributed by atoms with Gasteiger partial charge in [0, 0.05) is 32.7 Å². The van der Waals surface area contributed by atoms with E-state index in [4.69, 9.17) is 5.84 Å². The second-order valence-corrected chi connectivity index (χ2v) is 3.62. The molecule has 1 aliphatic heterocycles. The van der Waals surface area contributed by atoms with Crippen molar-refractivity contribution in [2.75, 3.05) is 33.2 Å². The molecule has 1 unspecified atom stereocenters. The molecule has 0 aromatic carbocycles. The van der Waals surface area contributed by atoms with Crippen LogP contribution >= 0.6 is 0 Å². The second kappa shape index (κ2) is 5.17. The van der Waals surface area contributed by atoms with Crippen LogP contribution < -0.4 is 11.3 Å². The van der Waals surface area contributed by atoms with Gasteiger partial charge in [-0.15, -0.1) is 0 Å². The Bertz CT molecular complexity index is 203. The van der Waals surface area contributed by atoms with Crippen molar-refractivity contribution in [3.05, 3.63) is 0 Å². The number of nitrogens with two attached hydrogens (primary N) is 1. The predicted molar refractivity (Wildman–Crippen MR) is 59.0 cm³/mol. The predicted octanol–water partition coefficient (Wildman–Crippen LogP) is -0.538. The fraction of sp³-hybridized carbons (Fsp3) is 0.889. The molecule has 1 fully saturated rings. The molecule has 0 bridgehead atoms. The summed E-state index contributed by atoms with van der Waals surface area (Å²) in [6.07, 6.45) is 0. The van der Waals surface area contributed by atoms with E-state index < -0.39 is 0 Å². The van der Waals surface area contributed by atoms with Crippen molar-refractivity contribution in [2.24, 2.45) is 10.8 Å². The van der Waals surface area contributed by atoms with Crippen LogP contribution in [0.4, 0.5) is 0 Å². The zero-order valence-electron chi connectivity index (χ0n) is 9.32. The first-order valence-corrected chi connectivity index (χ1v) is 5.15. The third-order valence-electron chi connectivity index (χ3n) is 2.81. The van der Waals surface area contributed by atoms with Gasteiger partial charge in [0.1, 0.15) is 0 Å². The SMILES string of the molecule is CCN1CCN(C(=NC)NN)CC1C. The van der Waals surface area contributed by atoms with Crippen LogP contribution in [-0.2, 0) is 0 Å². The lowest BCUT2D eigenvalue weighted by atomic mass is 10.2. The van der Waals surface area contributed by atoms with Gasteiger partial charge in [-0.1, -0.05) is 6.92 Å². The van der Waals surface area contributed by atoms with Gasteiger partial charge in [-0.05, 0) is 13.5 Å². The van der Waals surface area contributed by atoms with Crippen molar-refractivity contribution in [3.8, 4) is 0 Å². The van der Waals surface area contributed by atoms with E-state index in [-0.39, 0.29) is 0 Å². The van der Waals surface area contributed by atoms with Crippen molar-refractivity contribution in [2.45, 2.75) is 19.9 Å². The number of hydrogen-bond acceptors (Lipinski definition) is 3. The fourth-order valence-electron chi connectivity index (χ4n) is 1.95. The molecular weight excluding hydrogens is 178 g/mol. The van der Waals surface area contributed by atoms with E-state index in [9.17, 15) is 0 Å². The second-order valence-electron chi connectivity index (χ2n) is 3.62. The molecule has 5 nitrogen and oxygen atoms in total. The zero-order chi connectivity index (χ0) is 10.6. The highest BCUT2D eigenvalue weighted by Gasteiger charge is 2.23. The monoisotopic (exact) mass is 199 g/mol. The summed E-state index contributed by atoms with van der Waals surface area (Å²) in [6.45, 7) is 8.61. The molecule has 1 rings (SSSR count). The number of hydrazine groups is 1.